The summed E-state index contributed by atoms with van der Waals surface area (Å²) >= 11 is 0. The second-order valence-corrected chi connectivity index (χ2v) is 10.1. The molecule has 2 aromatic rings. The van der Waals surface area contributed by atoms with Crippen molar-refractivity contribution in [3.05, 3.63) is 54.1 Å². The summed E-state index contributed by atoms with van der Waals surface area (Å²) in [5, 5.41) is 20.4. The minimum atomic E-state index is -0.931. The van der Waals surface area contributed by atoms with Gasteiger partial charge in [0.05, 0.1) is 6.42 Å². The molecular weight excluding hydrogens is 460 g/mol. The molecule has 0 unspecified atom stereocenters. The van der Waals surface area contributed by atoms with Gasteiger partial charge in [0.15, 0.2) is 0 Å². The van der Waals surface area contributed by atoms with Crippen molar-refractivity contribution in [2.75, 3.05) is 16.0 Å². The maximum atomic E-state index is 12.7. The van der Waals surface area contributed by atoms with E-state index in [9.17, 15) is 19.2 Å². The Kier molecular flexibility index (Phi) is 8.68. The van der Waals surface area contributed by atoms with Gasteiger partial charge in [0.2, 0.25) is 11.8 Å². The summed E-state index contributed by atoms with van der Waals surface area (Å²) in [6, 6.07) is 13.9. The van der Waals surface area contributed by atoms with Gasteiger partial charge in [-0.15, -0.1) is 0 Å². The van der Waals surface area contributed by atoms with Crippen LogP contribution in [0.25, 0.3) is 0 Å². The van der Waals surface area contributed by atoms with E-state index in [4.69, 9.17) is 5.11 Å². The van der Waals surface area contributed by atoms with Crippen LogP contribution in [0.3, 0.4) is 0 Å². The number of amides is 4. The zero-order valence-corrected chi connectivity index (χ0v) is 20.9. The summed E-state index contributed by atoms with van der Waals surface area (Å²) in [6.45, 7) is 5.42. The molecule has 0 bridgehead atoms. The predicted octanol–water partition coefficient (Wildman–Crippen LogP) is 4.75. The summed E-state index contributed by atoms with van der Waals surface area (Å²) in [7, 11) is 0. The van der Waals surface area contributed by atoms with E-state index in [1.54, 1.807) is 38.1 Å². The normalized spacial score (nSPS) is 17.2. The first-order valence-corrected chi connectivity index (χ1v) is 12.1. The minimum absolute atomic E-state index is 0.0816. The molecule has 0 aromatic heterocycles. The molecule has 2 atom stereocenters. The molecular formula is C27H34N4O5. The molecule has 1 saturated carbocycles. The quantitative estimate of drug-likeness (QED) is 0.343. The molecule has 0 saturated heterocycles. The number of hydrogen-bond acceptors (Lipinski definition) is 4. The van der Waals surface area contributed by atoms with Gasteiger partial charge in [-0.05, 0) is 67.5 Å². The summed E-state index contributed by atoms with van der Waals surface area (Å²) in [4.78, 5) is 48.3. The summed E-state index contributed by atoms with van der Waals surface area (Å²) in [5.41, 5.74) is 2.27. The standard InChI is InChI=1S/C27H34N4O5/c1-17-6-4-5-7-22(17)31-26(36)30-20-12-10-19(11-13-20)29-25(35)18-8-9-21(14-18)28-23(32)15-27(2,3)16-24(33)34/h4-7,10-13,18,21H,8-9,14-16H2,1-3H3,(H,28,32)(H,29,35)(H,33,34)(H2,30,31,36)/t18-,21+/m1/s1. The van der Waals surface area contributed by atoms with Crippen molar-refractivity contribution in [3.63, 3.8) is 0 Å². The first kappa shape index (κ1) is 26.7. The Morgan fingerprint density at radius 1 is 0.889 bits per heavy atom. The van der Waals surface area contributed by atoms with Gasteiger partial charge in [0.1, 0.15) is 0 Å². The van der Waals surface area contributed by atoms with Crippen molar-refractivity contribution < 1.29 is 24.3 Å². The highest BCUT2D eigenvalue weighted by atomic mass is 16.4. The van der Waals surface area contributed by atoms with E-state index in [1.165, 1.54) is 0 Å². The average Bonchev–Trinajstić information content (AvgIpc) is 3.23. The number of hydrogen-bond donors (Lipinski definition) is 5. The zero-order chi connectivity index (χ0) is 26.3. The first-order valence-electron chi connectivity index (χ1n) is 12.1. The smallest absolute Gasteiger partial charge is 0.323 e. The van der Waals surface area contributed by atoms with Crippen LogP contribution in [0.15, 0.2) is 48.5 Å². The number of anilines is 3. The molecule has 3 rings (SSSR count). The summed E-state index contributed by atoms with van der Waals surface area (Å²) in [5.74, 6) is -1.46. The van der Waals surface area contributed by atoms with Gasteiger partial charge in [0, 0.05) is 35.4 Å². The van der Waals surface area contributed by atoms with Gasteiger partial charge >= 0.3 is 12.0 Å². The lowest BCUT2D eigenvalue weighted by Crippen LogP contribution is -2.36. The second kappa shape index (κ2) is 11.7. The molecule has 36 heavy (non-hydrogen) atoms. The van der Waals surface area contributed by atoms with Crippen LogP contribution in [0.4, 0.5) is 21.9 Å². The lowest BCUT2D eigenvalue weighted by molar-refractivity contribution is -0.139. The molecule has 9 nitrogen and oxygen atoms in total. The van der Waals surface area contributed by atoms with Crippen molar-refractivity contribution in [2.45, 2.75) is 58.9 Å². The highest BCUT2D eigenvalue weighted by Gasteiger charge is 2.32. The van der Waals surface area contributed by atoms with Crippen LogP contribution in [0.5, 0.6) is 0 Å². The third-order valence-electron chi connectivity index (χ3n) is 6.24. The lowest BCUT2D eigenvalue weighted by Gasteiger charge is -2.23. The Morgan fingerprint density at radius 2 is 1.53 bits per heavy atom. The number of aliphatic carboxylic acids is 1. The molecule has 0 aliphatic heterocycles. The third-order valence-corrected chi connectivity index (χ3v) is 6.24. The molecule has 1 aliphatic carbocycles. The van der Waals surface area contributed by atoms with E-state index in [2.05, 4.69) is 21.3 Å². The number of para-hydroxylation sites is 1. The van der Waals surface area contributed by atoms with Gasteiger partial charge in [-0.3, -0.25) is 14.4 Å². The van der Waals surface area contributed by atoms with Gasteiger partial charge in [0.25, 0.3) is 0 Å². The number of nitrogens with one attached hydrogen (secondary N) is 4. The summed E-state index contributed by atoms with van der Waals surface area (Å²) in [6.07, 6.45) is 1.93. The number of rotatable bonds is 9. The van der Waals surface area contributed by atoms with E-state index < -0.39 is 11.4 Å². The van der Waals surface area contributed by atoms with Crippen LogP contribution in [-0.2, 0) is 14.4 Å². The molecule has 9 heteroatoms. The van der Waals surface area contributed by atoms with E-state index >= 15 is 0 Å². The fourth-order valence-electron chi connectivity index (χ4n) is 4.41. The van der Waals surface area contributed by atoms with E-state index in [1.807, 2.05) is 31.2 Å². The van der Waals surface area contributed by atoms with Gasteiger partial charge < -0.3 is 26.4 Å². The van der Waals surface area contributed by atoms with Crippen LogP contribution in [0.1, 0.15) is 51.5 Å². The maximum Gasteiger partial charge on any atom is 0.323 e. The summed E-state index contributed by atoms with van der Waals surface area (Å²) < 4.78 is 0. The zero-order valence-electron chi connectivity index (χ0n) is 20.9. The number of carboxylic acid groups (broad SMARTS) is 1. The van der Waals surface area contributed by atoms with Crippen LogP contribution in [0, 0.1) is 18.3 Å². The van der Waals surface area contributed by atoms with Gasteiger partial charge in [-0.2, -0.15) is 0 Å². The highest BCUT2D eigenvalue weighted by Crippen LogP contribution is 2.29. The van der Waals surface area contributed by atoms with Crippen LogP contribution >= 0.6 is 0 Å². The molecule has 192 valence electrons. The van der Waals surface area contributed by atoms with Crippen LogP contribution in [-0.4, -0.2) is 35.0 Å². The maximum absolute atomic E-state index is 12.7. The predicted molar refractivity (Wildman–Crippen MR) is 139 cm³/mol. The second-order valence-electron chi connectivity index (χ2n) is 10.1. The van der Waals surface area contributed by atoms with Crippen LogP contribution in [0.2, 0.25) is 0 Å². The molecule has 0 heterocycles. The fraction of sp³-hybridized carbons (Fsp3) is 0.407. The van der Waals surface area contributed by atoms with E-state index in [0.717, 1.165) is 11.3 Å². The SMILES string of the molecule is Cc1ccccc1NC(=O)Nc1ccc(NC(=O)[C@@H]2CC[C@H](NC(=O)CC(C)(C)CC(=O)O)C2)cc1. The van der Waals surface area contributed by atoms with Crippen molar-refractivity contribution >= 4 is 40.9 Å². The molecule has 5 N–H and O–H groups in total. The van der Waals surface area contributed by atoms with E-state index in [-0.39, 0.29) is 42.6 Å². The number of carboxylic acids is 1. The fourth-order valence-corrected chi connectivity index (χ4v) is 4.41. The Hall–Kier alpha value is -3.88. The number of urea groups is 1. The van der Waals surface area contributed by atoms with Crippen molar-refractivity contribution in [2.24, 2.45) is 11.3 Å². The van der Waals surface area contributed by atoms with Crippen molar-refractivity contribution in [3.8, 4) is 0 Å². The molecule has 4 amide bonds. The number of benzene rings is 2. The molecule has 1 aliphatic rings. The topological polar surface area (TPSA) is 137 Å². The molecule has 0 spiro atoms. The van der Waals surface area contributed by atoms with Gasteiger partial charge in [-0.1, -0.05) is 32.0 Å². The Bertz CT molecular complexity index is 1110. The largest absolute Gasteiger partial charge is 0.481 e. The Labute approximate surface area is 211 Å². The lowest BCUT2D eigenvalue weighted by atomic mass is 9.85. The number of aryl methyl sites for hydroxylation is 1. The Morgan fingerprint density at radius 3 is 2.17 bits per heavy atom. The van der Waals surface area contributed by atoms with Crippen molar-refractivity contribution in [1.82, 2.24) is 5.32 Å². The number of carbonyl (C=O) groups is 4. The van der Waals surface area contributed by atoms with E-state index in [0.29, 0.717) is 30.6 Å². The molecule has 2 aromatic carbocycles. The average molecular weight is 495 g/mol. The molecule has 1 fully saturated rings. The Balaban J connectivity index is 1.44. The molecule has 0 radical (unpaired) electrons. The van der Waals surface area contributed by atoms with Crippen LogP contribution < -0.4 is 21.3 Å². The number of carbonyl (C=O) groups excluding carboxylic acids is 3. The monoisotopic (exact) mass is 494 g/mol. The third kappa shape index (κ3) is 8.11. The first-order chi connectivity index (χ1) is 17.0. The van der Waals surface area contributed by atoms with Gasteiger partial charge in [-0.25, -0.2) is 4.79 Å². The van der Waals surface area contributed by atoms with Crippen molar-refractivity contribution in [1.29, 1.82) is 0 Å². The minimum Gasteiger partial charge on any atom is -0.481 e. The highest BCUT2D eigenvalue weighted by molar-refractivity contribution is 6.00.